The zero-order valence-corrected chi connectivity index (χ0v) is 14.7. The Morgan fingerprint density at radius 2 is 1.79 bits per heavy atom. The van der Waals surface area contributed by atoms with E-state index in [9.17, 15) is 13.2 Å². The molecule has 0 bridgehead atoms. The predicted octanol–water partition coefficient (Wildman–Crippen LogP) is 2.49. The summed E-state index contributed by atoms with van der Waals surface area (Å²) in [5.41, 5.74) is 1.55. The highest BCUT2D eigenvalue weighted by Gasteiger charge is 2.20. The van der Waals surface area contributed by atoms with Gasteiger partial charge in [-0.15, -0.1) is 0 Å². The minimum absolute atomic E-state index is 0.151. The SMILES string of the molecule is CS(=O)(=O)c1cccc(C[C@H](NCl)C(=O)OCc2ccccc2)c1. The van der Waals surface area contributed by atoms with Gasteiger partial charge in [-0.1, -0.05) is 42.5 Å². The van der Waals surface area contributed by atoms with E-state index in [1.54, 1.807) is 12.1 Å². The third-order valence-corrected chi connectivity index (χ3v) is 4.78. The fourth-order valence-electron chi connectivity index (χ4n) is 2.13. The summed E-state index contributed by atoms with van der Waals surface area (Å²) in [6, 6.07) is 14.9. The predicted molar refractivity (Wildman–Crippen MR) is 92.3 cm³/mol. The first-order valence-corrected chi connectivity index (χ1v) is 9.53. The van der Waals surface area contributed by atoms with Crippen molar-refractivity contribution in [2.24, 2.45) is 0 Å². The summed E-state index contributed by atoms with van der Waals surface area (Å²) in [4.78, 5) is 14.7. The molecule has 2 aromatic carbocycles. The zero-order chi connectivity index (χ0) is 17.6. The Morgan fingerprint density at radius 1 is 1.12 bits per heavy atom. The summed E-state index contributed by atoms with van der Waals surface area (Å²) in [5.74, 6) is -0.501. The first-order chi connectivity index (χ1) is 11.4. The van der Waals surface area contributed by atoms with Crippen molar-refractivity contribution >= 4 is 27.6 Å². The topological polar surface area (TPSA) is 72.5 Å². The van der Waals surface area contributed by atoms with Gasteiger partial charge in [-0.2, -0.15) is 0 Å². The number of carbonyl (C=O) groups is 1. The Balaban J connectivity index is 2.02. The quantitative estimate of drug-likeness (QED) is 0.601. The van der Waals surface area contributed by atoms with Gasteiger partial charge in [0.05, 0.1) is 4.90 Å². The van der Waals surface area contributed by atoms with E-state index in [0.29, 0.717) is 5.56 Å². The highest BCUT2D eigenvalue weighted by Crippen LogP contribution is 2.14. The van der Waals surface area contributed by atoms with E-state index in [0.717, 1.165) is 11.8 Å². The van der Waals surface area contributed by atoms with Gasteiger partial charge in [-0.05, 0) is 41.5 Å². The molecular formula is C17H18ClNO4S. The molecule has 24 heavy (non-hydrogen) atoms. The van der Waals surface area contributed by atoms with Crippen molar-refractivity contribution in [2.75, 3.05) is 6.26 Å². The summed E-state index contributed by atoms with van der Waals surface area (Å²) >= 11 is 5.65. The van der Waals surface area contributed by atoms with E-state index < -0.39 is 21.8 Å². The third-order valence-electron chi connectivity index (χ3n) is 3.41. The van der Waals surface area contributed by atoms with Gasteiger partial charge >= 0.3 is 5.97 Å². The van der Waals surface area contributed by atoms with E-state index in [4.69, 9.17) is 16.5 Å². The highest BCUT2D eigenvalue weighted by atomic mass is 35.5. The van der Waals surface area contributed by atoms with Gasteiger partial charge in [0, 0.05) is 6.26 Å². The van der Waals surface area contributed by atoms with E-state index in [1.807, 2.05) is 30.3 Å². The fraction of sp³-hybridized carbons (Fsp3) is 0.235. The number of hydrogen-bond acceptors (Lipinski definition) is 5. The van der Waals surface area contributed by atoms with Crippen LogP contribution in [0.15, 0.2) is 59.5 Å². The summed E-state index contributed by atoms with van der Waals surface area (Å²) in [5, 5.41) is 0. The smallest absolute Gasteiger partial charge is 0.325 e. The molecule has 128 valence electrons. The number of nitrogens with one attached hydrogen (secondary N) is 1. The van der Waals surface area contributed by atoms with E-state index in [1.165, 1.54) is 12.1 Å². The second-order valence-electron chi connectivity index (χ2n) is 5.38. The van der Waals surface area contributed by atoms with Crippen molar-refractivity contribution in [1.29, 1.82) is 0 Å². The lowest BCUT2D eigenvalue weighted by atomic mass is 10.1. The van der Waals surface area contributed by atoms with Gasteiger partial charge in [-0.25, -0.2) is 13.3 Å². The van der Waals surface area contributed by atoms with Crippen LogP contribution in [0.1, 0.15) is 11.1 Å². The van der Waals surface area contributed by atoms with Gasteiger partial charge in [0.15, 0.2) is 9.84 Å². The maximum Gasteiger partial charge on any atom is 0.325 e. The Bertz CT molecular complexity index is 793. The average Bonchev–Trinajstić information content (AvgIpc) is 2.58. The number of rotatable bonds is 7. The van der Waals surface area contributed by atoms with Crippen molar-refractivity contribution in [1.82, 2.24) is 4.84 Å². The van der Waals surface area contributed by atoms with Crippen LogP contribution < -0.4 is 4.84 Å². The molecule has 7 heteroatoms. The number of halogens is 1. The lowest BCUT2D eigenvalue weighted by molar-refractivity contribution is -0.146. The largest absolute Gasteiger partial charge is 0.460 e. The lowest BCUT2D eigenvalue weighted by Crippen LogP contribution is -2.34. The van der Waals surface area contributed by atoms with Crippen LogP contribution in [0.3, 0.4) is 0 Å². The number of ether oxygens (including phenoxy) is 1. The second-order valence-corrected chi connectivity index (χ2v) is 7.61. The van der Waals surface area contributed by atoms with Crippen molar-refractivity contribution in [2.45, 2.75) is 24.0 Å². The molecule has 2 aromatic rings. The van der Waals surface area contributed by atoms with Crippen LogP contribution in [0.2, 0.25) is 0 Å². The molecule has 0 aliphatic carbocycles. The van der Waals surface area contributed by atoms with Crippen LogP contribution in [0.25, 0.3) is 0 Å². The maximum absolute atomic E-state index is 12.1. The molecule has 0 spiro atoms. The van der Waals surface area contributed by atoms with Gasteiger partial charge in [0.25, 0.3) is 0 Å². The standard InChI is InChI=1S/C17H18ClNO4S/c1-24(21,22)15-9-5-8-14(10-15)11-16(19-18)17(20)23-12-13-6-3-2-4-7-13/h2-10,16,19H,11-12H2,1H3/t16-/m0/s1. The molecule has 0 aliphatic rings. The molecule has 0 fully saturated rings. The van der Waals surface area contributed by atoms with Crippen LogP contribution in [-0.2, 0) is 32.4 Å². The zero-order valence-electron chi connectivity index (χ0n) is 13.1. The summed E-state index contributed by atoms with van der Waals surface area (Å²) in [6.45, 7) is 0.151. The number of hydrogen-bond donors (Lipinski definition) is 1. The number of esters is 1. The van der Waals surface area contributed by atoms with E-state index in [-0.39, 0.29) is 17.9 Å². The third kappa shape index (κ3) is 5.33. The molecule has 0 heterocycles. The molecule has 0 radical (unpaired) electrons. The lowest BCUT2D eigenvalue weighted by Gasteiger charge is -2.14. The molecule has 0 unspecified atom stereocenters. The Hall–Kier alpha value is -1.89. The van der Waals surface area contributed by atoms with Gasteiger partial charge in [0.2, 0.25) is 0 Å². The molecule has 1 N–H and O–H groups in total. The van der Waals surface area contributed by atoms with Gasteiger partial charge < -0.3 is 4.74 Å². The highest BCUT2D eigenvalue weighted by molar-refractivity contribution is 7.90. The molecule has 0 saturated heterocycles. The van der Waals surface area contributed by atoms with Crippen LogP contribution in [-0.4, -0.2) is 26.7 Å². The average molecular weight is 368 g/mol. The van der Waals surface area contributed by atoms with Crippen molar-refractivity contribution in [3.8, 4) is 0 Å². The molecule has 0 aromatic heterocycles. The Morgan fingerprint density at radius 3 is 2.42 bits per heavy atom. The van der Waals surface area contributed by atoms with Gasteiger partial charge in [-0.3, -0.25) is 4.79 Å². The fourth-order valence-corrected chi connectivity index (χ4v) is 2.99. The van der Waals surface area contributed by atoms with Crippen molar-refractivity contribution < 1.29 is 17.9 Å². The van der Waals surface area contributed by atoms with Crippen molar-refractivity contribution in [3.05, 3.63) is 65.7 Å². The molecule has 2 rings (SSSR count). The van der Waals surface area contributed by atoms with Crippen LogP contribution in [0.5, 0.6) is 0 Å². The monoisotopic (exact) mass is 367 g/mol. The first-order valence-electron chi connectivity index (χ1n) is 7.26. The molecule has 1 atom stereocenters. The van der Waals surface area contributed by atoms with E-state index in [2.05, 4.69) is 4.84 Å². The summed E-state index contributed by atoms with van der Waals surface area (Å²) < 4.78 is 28.4. The first kappa shape index (κ1) is 18.4. The minimum Gasteiger partial charge on any atom is -0.460 e. The van der Waals surface area contributed by atoms with Crippen molar-refractivity contribution in [3.63, 3.8) is 0 Å². The summed E-state index contributed by atoms with van der Waals surface area (Å²) in [7, 11) is -3.30. The van der Waals surface area contributed by atoms with Crippen LogP contribution in [0, 0.1) is 0 Å². The Kier molecular flexibility index (Phi) is 6.36. The van der Waals surface area contributed by atoms with Crippen LogP contribution >= 0.6 is 11.8 Å². The molecule has 5 nitrogen and oxygen atoms in total. The summed E-state index contributed by atoms with van der Waals surface area (Å²) in [6.07, 6.45) is 1.36. The molecular weight excluding hydrogens is 350 g/mol. The Labute approximate surface area is 146 Å². The molecule has 0 amide bonds. The minimum atomic E-state index is -3.30. The maximum atomic E-state index is 12.1. The number of benzene rings is 2. The normalized spacial score (nSPS) is 12.6. The molecule has 0 saturated carbocycles. The molecule has 0 aliphatic heterocycles. The number of carbonyl (C=O) groups excluding carboxylic acids is 1. The van der Waals surface area contributed by atoms with Crippen LogP contribution in [0.4, 0.5) is 0 Å². The van der Waals surface area contributed by atoms with Gasteiger partial charge in [0.1, 0.15) is 12.6 Å². The second kappa shape index (κ2) is 8.28. The van der Waals surface area contributed by atoms with E-state index >= 15 is 0 Å². The number of sulfone groups is 1.